The minimum absolute atomic E-state index is 0.716. The molecular formula is C10H10O3. The first-order chi connectivity index (χ1) is 6.33. The van der Waals surface area contributed by atoms with Crippen molar-refractivity contribution in [2.24, 2.45) is 0 Å². The molecule has 0 aliphatic rings. The van der Waals surface area contributed by atoms with Gasteiger partial charge in [0, 0.05) is 0 Å². The Hall–Kier alpha value is -1.77. The molecule has 1 aromatic carbocycles. The van der Waals surface area contributed by atoms with Gasteiger partial charge in [0.05, 0.1) is 13.4 Å². The molecule has 0 bridgehead atoms. The Labute approximate surface area is 76.6 Å². The van der Waals surface area contributed by atoms with Crippen molar-refractivity contribution in [2.45, 2.75) is 0 Å². The zero-order valence-electron chi connectivity index (χ0n) is 7.27. The summed E-state index contributed by atoms with van der Waals surface area (Å²) in [6, 6.07) is 9.52. The minimum Gasteiger partial charge on any atom is -0.437 e. The summed E-state index contributed by atoms with van der Waals surface area (Å²) in [6.45, 7) is 0. The van der Waals surface area contributed by atoms with Crippen LogP contribution in [0.1, 0.15) is 5.56 Å². The van der Waals surface area contributed by atoms with Crippen molar-refractivity contribution < 1.29 is 14.3 Å². The average Bonchev–Trinajstić information content (AvgIpc) is 2.19. The summed E-state index contributed by atoms with van der Waals surface area (Å²) in [5.74, 6) is 0. The molecule has 3 nitrogen and oxygen atoms in total. The molecule has 1 aromatic rings. The predicted octanol–water partition coefficient (Wildman–Crippen LogP) is 2.44. The van der Waals surface area contributed by atoms with Crippen LogP contribution in [0.4, 0.5) is 4.79 Å². The van der Waals surface area contributed by atoms with Gasteiger partial charge in [-0.25, -0.2) is 4.79 Å². The second-order valence-corrected chi connectivity index (χ2v) is 2.29. The fourth-order valence-electron chi connectivity index (χ4n) is 0.780. The Morgan fingerprint density at radius 2 is 2.00 bits per heavy atom. The third-order valence-corrected chi connectivity index (χ3v) is 1.39. The SMILES string of the molecule is COC(=O)OC=Cc1ccccc1. The van der Waals surface area contributed by atoms with Gasteiger partial charge in [0.2, 0.25) is 0 Å². The van der Waals surface area contributed by atoms with Crippen LogP contribution in [-0.2, 0) is 9.47 Å². The normalized spacial score (nSPS) is 9.92. The topological polar surface area (TPSA) is 35.5 Å². The highest BCUT2D eigenvalue weighted by molar-refractivity contribution is 5.61. The van der Waals surface area contributed by atoms with Crippen molar-refractivity contribution in [1.29, 1.82) is 0 Å². The Bertz CT molecular complexity index is 290. The Morgan fingerprint density at radius 1 is 1.31 bits per heavy atom. The van der Waals surface area contributed by atoms with E-state index in [1.54, 1.807) is 6.08 Å². The highest BCUT2D eigenvalue weighted by Crippen LogP contribution is 2.00. The van der Waals surface area contributed by atoms with Crippen LogP contribution in [0.2, 0.25) is 0 Å². The lowest BCUT2D eigenvalue weighted by Crippen LogP contribution is -1.97. The van der Waals surface area contributed by atoms with Crippen LogP contribution in [0.25, 0.3) is 6.08 Å². The van der Waals surface area contributed by atoms with Crippen LogP contribution < -0.4 is 0 Å². The van der Waals surface area contributed by atoms with Crippen molar-refractivity contribution in [1.82, 2.24) is 0 Å². The lowest BCUT2D eigenvalue weighted by molar-refractivity contribution is 0.106. The van der Waals surface area contributed by atoms with E-state index in [2.05, 4.69) is 9.47 Å². The van der Waals surface area contributed by atoms with E-state index in [1.165, 1.54) is 13.4 Å². The molecular weight excluding hydrogens is 168 g/mol. The number of hydrogen-bond donors (Lipinski definition) is 0. The number of carbonyl (C=O) groups excluding carboxylic acids is 1. The highest BCUT2D eigenvalue weighted by atomic mass is 16.7. The van der Waals surface area contributed by atoms with E-state index in [4.69, 9.17) is 0 Å². The van der Waals surface area contributed by atoms with Gasteiger partial charge in [-0.1, -0.05) is 30.3 Å². The molecule has 0 aromatic heterocycles. The van der Waals surface area contributed by atoms with Crippen molar-refractivity contribution >= 4 is 12.2 Å². The molecule has 0 heterocycles. The maximum atomic E-state index is 10.5. The number of carbonyl (C=O) groups is 1. The molecule has 3 heteroatoms. The predicted molar refractivity (Wildman–Crippen MR) is 49.0 cm³/mol. The lowest BCUT2D eigenvalue weighted by Gasteiger charge is -1.94. The third-order valence-electron chi connectivity index (χ3n) is 1.39. The van der Waals surface area contributed by atoms with Crippen LogP contribution >= 0.6 is 0 Å². The number of ether oxygens (including phenoxy) is 2. The first-order valence-electron chi connectivity index (χ1n) is 3.79. The monoisotopic (exact) mass is 178 g/mol. The number of hydrogen-bond acceptors (Lipinski definition) is 3. The average molecular weight is 178 g/mol. The summed E-state index contributed by atoms with van der Waals surface area (Å²) in [4.78, 5) is 10.5. The number of methoxy groups -OCH3 is 1. The fraction of sp³-hybridized carbons (Fsp3) is 0.100. The lowest BCUT2D eigenvalue weighted by atomic mass is 10.2. The molecule has 0 fully saturated rings. The van der Waals surface area contributed by atoms with Crippen LogP contribution in [0.15, 0.2) is 36.6 Å². The smallest absolute Gasteiger partial charge is 0.437 e. The van der Waals surface area contributed by atoms with Crippen molar-refractivity contribution in [3.05, 3.63) is 42.2 Å². The summed E-state index contributed by atoms with van der Waals surface area (Å²) in [6.07, 6.45) is 2.25. The Morgan fingerprint density at radius 3 is 2.62 bits per heavy atom. The van der Waals surface area contributed by atoms with Gasteiger partial charge in [0.15, 0.2) is 0 Å². The van der Waals surface area contributed by atoms with Crippen molar-refractivity contribution in [3.63, 3.8) is 0 Å². The number of rotatable bonds is 2. The highest BCUT2D eigenvalue weighted by Gasteiger charge is 1.93. The molecule has 1 rings (SSSR count). The van der Waals surface area contributed by atoms with Gasteiger partial charge >= 0.3 is 6.16 Å². The summed E-state index contributed by atoms with van der Waals surface area (Å²) >= 11 is 0. The molecule has 0 radical (unpaired) electrons. The van der Waals surface area contributed by atoms with E-state index in [0.717, 1.165) is 5.56 Å². The van der Waals surface area contributed by atoms with E-state index in [9.17, 15) is 4.79 Å². The van der Waals surface area contributed by atoms with Crippen LogP contribution in [0, 0.1) is 0 Å². The molecule has 0 saturated carbocycles. The zero-order valence-corrected chi connectivity index (χ0v) is 7.27. The van der Waals surface area contributed by atoms with E-state index >= 15 is 0 Å². The molecule has 0 spiro atoms. The molecule has 0 amide bonds. The van der Waals surface area contributed by atoms with Crippen LogP contribution in [0.3, 0.4) is 0 Å². The maximum Gasteiger partial charge on any atom is 0.512 e. The van der Waals surface area contributed by atoms with Crippen molar-refractivity contribution in [3.8, 4) is 0 Å². The standard InChI is InChI=1S/C10H10O3/c1-12-10(11)13-8-7-9-5-3-2-4-6-9/h2-8H,1H3. The van der Waals surface area contributed by atoms with Gasteiger partial charge < -0.3 is 9.47 Å². The maximum absolute atomic E-state index is 10.5. The quantitative estimate of drug-likeness (QED) is 0.515. The first-order valence-corrected chi connectivity index (χ1v) is 3.79. The molecule has 0 N–H and O–H groups in total. The van der Waals surface area contributed by atoms with Crippen LogP contribution in [-0.4, -0.2) is 13.3 Å². The number of benzene rings is 1. The van der Waals surface area contributed by atoms with Gasteiger partial charge in [0.1, 0.15) is 0 Å². The van der Waals surface area contributed by atoms with Crippen molar-refractivity contribution in [2.75, 3.05) is 7.11 Å². The van der Waals surface area contributed by atoms with Gasteiger partial charge in [-0.3, -0.25) is 0 Å². The zero-order chi connectivity index (χ0) is 9.52. The van der Waals surface area contributed by atoms with Gasteiger partial charge in [0.25, 0.3) is 0 Å². The molecule has 0 aliphatic heterocycles. The molecule has 0 unspecified atom stereocenters. The summed E-state index contributed by atoms with van der Waals surface area (Å²) in [5.41, 5.74) is 0.964. The fourth-order valence-corrected chi connectivity index (χ4v) is 0.780. The minimum atomic E-state index is -0.716. The molecule has 0 atom stereocenters. The molecule has 0 saturated heterocycles. The molecule has 0 aliphatic carbocycles. The van der Waals surface area contributed by atoms with E-state index in [1.807, 2.05) is 30.3 Å². The molecule has 68 valence electrons. The van der Waals surface area contributed by atoms with E-state index < -0.39 is 6.16 Å². The summed E-state index contributed by atoms with van der Waals surface area (Å²) in [7, 11) is 1.26. The summed E-state index contributed by atoms with van der Waals surface area (Å²) < 4.78 is 8.83. The van der Waals surface area contributed by atoms with Gasteiger partial charge in [-0.15, -0.1) is 0 Å². The second kappa shape index (κ2) is 4.98. The summed E-state index contributed by atoms with van der Waals surface area (Å²) in [5, 5.41) is 0. The second-order valence-electron chi connectivity index (χ2n) is 2.29. The Kier molecular flexibility index (Phi) is 3.57. The van der Waals surface area contributed by atoms with Gasteiger partial charge in [-0.2, -0.15) is 0 Å². The largest absolute Gasteiger partial charge is 0.512 e. The van der Waals surface area contributed by atoms with Crippen LogP contribution in [0.5, 0.6) is 0 Å². The van der Waals surface area contributed by atoms with E-state index in [0.29, 0.717) is 0 Å². The third kappa shape index (κ3) is 3.42. The first kappa shape index (κ1) is 9.32. The van der Waals surface area contributed by atoms with E-state index in [-0.39, 0.29) is 0 Å². The van der Waals surface area contributed by atoms with Gasteiger partial charge in [-0.05, 0) is 11.6 Å². The molecule has 13 heavy (non-hydrogen) atoms. The Balaban J connectivity index is 2.45.